The molecule has 0 radical (unpaired) electrons. The Bertz CT molecular complexity index is 545. The van der Waals surface area contributed by atoms with E-state index in [0.29, 0.717) is 4.47 Å². The molecule has 100 valence electrons. The summed E-state index contributed by atoms with van der Waals surface area (Å²) in [5.74, 6) is -0.419. The lowest BCUT2D eigenvalue weighted by molar-refractivity contribution is 0.314. The first-order valence-electron chi connectivity index (χ1n) is 5.10. The number of hydrogen-bond acceptors (Lipinski definition) is 4. The Hall–Kier alpha value is -1.12. The average molecular weight is 336 g/mol. The van der Waals surface area contributed by atoms with Crippen LogP contribution >= 0.6 is 15.9 Å². The minimum Gasteiger partial charge on any atom is -0.409 e. The number of nitrogens with zero attached hydrogens (tertiary/aromatic N) is 1. The maximum Gasteiger partial charge on any atom is 0.241 e. The van der Waals surface area contributed by atoms with Crippen LogP contribution in [0.25, 0.3) is 0 Å². The van der Waals surface area contributed by atoms with Gasteiger partial charge in [0.15, 0.2) is 0 Å². The van der Waals surface area contributed by atoms with Crippen LogP contribution in [0.1, 0.15) is 6.92 Å². The maximum absolute atomic E-state index is 12.0. The van der Waals surface area contributed by atoms with Gasteiger partial charge in [-0.1, -0.05) is 24.2 Å². The van der Waals surface area contributed by atoms with Crippen LogP contribution in [0.3, 0.4) is 0 Å². The van der Waals surface area contributed by atoms with Gasteiger partial charge in [0.1, 0.15) is 5.84 Å². The summed E-state index contributed by atoms with van der Waals surface area (Å²) in [5, 5.41) is 11.3. The molecule has 0 heterocycles. The molecule has 0 aliphatic rings. The van der Waals surface area contributed by atoms with Gasteiger partial charge in [-0.2, -0.15) is 0 Å². The smallest absolute Gasteiger partial charge is 0.241 e. The van der Waals surface area contributed by atoms with E-state index in [0.717, 1.165) is 0 Å². The Morgan fingerprint density at radius 3 is 2.72 bits per heavy atom. The summed E-state index contributed by atoms with van der Waals surface area (Å²) >= 11 is 3.17. The Morgan fingerprint density at radius 2 is 2.17 bits per heavy atom. The highest BCUT2D eigenvalue weighted by Crippen LogP contribution is 2.20. The second kappa shape index (κ2) is 6.17. The van der Waals surface area contributed by atoms with Gasteiger partial charge in [-0.3, -0.25) is 0 Å². The molecule has 0 bridgehead atoms. The number of hydrogen-bond donors (Lipinski definition) is 3. The quantitative estimate of drug-likeness (QED) is 0.324. The second-order valence-electron chi connectivity index (χ2n) is 3.71. The highest BCUT2D eigenvalue weighted by atomic mass is 79.9. The third-order valence-electron chi connectivity index (χ3n) is 2.33. The third-order valence-corrected chi connectivity index (χ3v) is 4.76. The number of amidine groups is 1. The van der Waals surface area contributed by atoms with Crippen molar-refractivity contribution in [2.24, 2.45) is 16.8 Å². The molecular weight excluding hydrogens is 322 g/mol. The lowest BCUT2D eigenvalue weighted by Crippen LogP contribution is -2.34. The van der Waals surface area contributed by atoms with Crippen LogP contribution in [0.15, 0.2) is 38.8 Å². The number of nitrogens with two attached hydrogens (primary N) is 1. The topological polar surface area (TPSA) is 105 Å². The van der Waals surface area contributed by atoms with Crippen molar-refractivity contribution in [2.45, 2.75) is 11.8 Å². The second-order valence-corrected chi connectivity index (χ2v) is 6.30. The van der Waals surface area contributed by atoms with E-state index in [1.54, 1.807) is 25.1 Å². The van der Waals surface area contributed by atoms with Gasteiger partial charge >= 0.3 is 0 Å². The normalized spacial score (nSPS) is 14.4. The maximum atomic E-state index is 12.0. The average Bonchev–Trinajstić information content (AvgIpc) is 2.35. The van der Waals surface area contributed by atoms with Gasteiger partial charge in [0.25, 0.3) is 0 Å². The number of benzene rings is 1. The summed E-state index contributed by atoms with van der Waals surface area (Å²) in [7, 11) is -3.62. The zero-order valence-corrected chi connectivity index (χ0v) is 12.1. The number of sulfonamides is 1. The molecule has 1 rings (SSSR count). The van der Waals surface area contributed by atoms with Crippen molar-refractivity contribution >= 4 is 31.8 Å². The molecule has 0 saturated carbocycles. The monoisotopic (exact) mass is 335 g/mol. The van der Waals surface area contributed by atoms with E-state index >= 15 is 0 Å². The fourth-order valence-corrected chi connectivity index (χ4v) is 3.31. The van der Waals surface area contributed by atoms with Gasteiger partial charge in [-0.15, -0.1) is 0 Å². The highest BCUT2D eigenvalue weighted by molar-refractivity contribution is 9.10. The predicted octanol–water partition coefficient (Wildman–Crippen LogP) is 1.11. The minimum atomic E-state index is -3.62. The number of nitrogens with one attached hydrogen (secondary N) is 1. The first kappa shape index (κ1) is 14.9. The molecule has 4 N–H and O–H groups in total. The molecule has 0 fully saturated rings. The van der Waals surface area contributed by atoms with Crippen molar-refractivity contribution in [2.75, 3.05) is 6.54 Å². The number of halogens is 1. The minimum absolute atomic E-state index is 0.0233. The Morgan fingerprint density at radius 1 is 1.56 bits per heavy atom. The Kier molecular flexibility index (Phi) is 5.12. The molecule has 18 heavy (non-hydrogen) atoms. The molecule has 1 atom stereocenters. The molecule has 0 aliphatic heterocycles. The summed E-state index contributed by atoms with van der Waals surface area (Å²) in [6.07, 6.45) is 0. The van der Waals surface area contributed by atoms with Gasteiger partial charge in [-0.25, -0.2) is 13.1 Å². The van der Waals surface area contributed by atoms with Crippen LogP contribution in [-0.2, 0) is 10.0 Å². The molecule has 6 nitrogen and oxygen atoms in total. The third kappa shape index (κ3) is 3.69. The van der Waals surface area contributed by atoms with Crippen LogP contribution in [-0.4, -0.2) is 26.0 Å². The van der Waals surface area contributed by atoms with Crippen molar-refractivity contribution < 1.29 is 13.6 Å². The Balaban J connectivity index is 2.82. The number of rotatable bonds is 5. The van der Waals surface area contributed by atoms with E-state index in [1.807, 2.05) is 0 Å². The van der Waals surface area contributed by atoms with Crippen molar-refractivity contribution in [3.8, 4) is 0 Å². The summed E-state index contributed by atoms with van der Waals surface area (Å²) in [4.78, 5) is 0.150. The van der Waals surface area contributed by atoms with Crippen LogP contribution in [0.4, 0.5) is 0 Å². The molecular formula is C10H14BrN3O3S. The van der Waals surface area contributed by atoms with E-state index in [9.17, 15) is 8.42 Å². The summed E-state index contributed by atoms with van der Waals surface area (Å²) in [6, 6.07) is 6.48. The number of oxime groups is 1. The summed E-state index contributed by atoms with van der Waals surface area (Å²) in [6.45, 7) is 1.71. The molecule has 0 spiro atoms. The lowest BCUT2D eigenvalue weighted by atomic mass is 10.2. The van der Waals surface area contributed by atoms with Gasteiger partial charge in [0.2, 0.25) is 10.0 Å². The first-order chi connectivity index (χ1) is 8.38. The van der Waals surface area contributed by atoms with Gasteiger partial charge in [-0.05, 0) is 28.1 Å². The molecule has 0 amide bonds. The molecule has 1 aromatic rings. The highest BCUT2D eigenvalue weighted by Gasteiger charge is 2.18. The molecule has 0 aromatic heterocycles. The van der Waals surface area contributed by atoms with Gasteiger partial charge < -0.3 is 10.9 Å². The van der Waals surface area contributed by atoms with E-state index < -0.39 is 15.9 Å². The standard InChI is InChI=1S/C10H14BrN3O3S/c1-7(10(12)14-15)6-13-18(16,17)9-5-3-2-4-8(9)11/h2-5,7,13,15H,6H2,1H3,(H2,12,14). The molecule has 8 heteroatoms. The van der Waals surface area contributed by atoms with Crippen molar-refractivity contribution in [3.63, 3.8) is 0 Å². The van der Waals surface area contributed by atoms with Gasteiger partial charge in [0, 0.05) is 16.9 Å². The molecule has 0 saturated heterocycles. The van der Waals surface area contributed by atoms with Crippen molar-refractivity contribution in [1.29, 1.82) is 0 Å². The zero-order valence-electron chi connectivity index (χ0n) is 9.67. The van der Waals surface area contributed by atoms with E-state index in [-0.39, 0.29) is 17.3 Å². The first-order valence-corrected chi connectivity index (χ1v) is 7.37. The lowest BCUT2D eigenvalue weighted by Gasteiger charge is -2.12. The molecule has 1 aromatic carbocycles. The van der Waals surface area contributed by atoms with Crippen LogP contribution in [0, 0.1) is 5.92 Å². The molecule has 0 aliphatic carbocycles. The van der Waals surface area contributed by atoms with E-state index in [1.165, 1.54) is 6.07 Å². The summed E-state index contributed by atoms with van der Waals surface area (Å²) < 4.78 is 26.9. The largest absolute Gasteiger partial charge is 0.409 e. The zero-order chi connectivity index (χ0) is 13.8. The fraction of sp³-hybridized carbons (Fsp3) is 0.300. The van der Waals surface area contributed by atoms with Crippen molar-refractivity contribution in [1.82, 2.24) is 4.72 Å². The SMILES string of the molecule is CC(CNS(=O)(=O)c1ccccc1Br)C(N)=NO. The van der Waals surface area contributed by atoms with Crippen molar-refractivity contribution in [3.05, 3.63) is 28.7 Å². The molecule has 1 unspecified atom stereocenters. The van der Waals surface area contributed by atoms with Crippen LogP contribution in [0.5, 0.6) is 0 Å². The van der Waals surface area contributed by atoms with E-state index in [4.69, 9.17) is 10.9 Å². The van der Waals surface area contributed by atoms with Crippen LogP contribution in [0.2, 0.25) is 0 Å². The fourth-order valence-electron chi connectivity index (χ4n) is 1.18. The van der Waals surface area contributed by atoms with Gasteiger partial charge in [0.05, 0.1) is 4.90 Å². The summed E-state index contributed by atoms with van der Waals surface area (Å²) in [5.41, 5.74) is 5.37. The van der Waals surface area contributed by atoms with E-state index in [2.05, 4.69) is 25.8 Å². The Labute approximate surface area is 114 Å². The van der Waals surface area contributed by atoms with Crippen LogP contribution < -0.4 is 10.5 Å². The predicted molar refractivity (Wildman–Crippen MR) is 71.9 cm³/mol.